The highest BCUT2D eigenvalue weighted by Crippen LogP contribution is 2.43. The lowest BCUT2D eigenvalue weighted by Crippen LogP contribution is -2.34. The Morgan fingerprint density at radius 2 is 1.19 bits per heavy atom. The maximum atomic E-state index is 12.4. The molecule has 0 radical (unpaired) electrons. The van der Waals surface area contributed by atoms with E-state index in [9.17, 15) is 23.8 Å². The van der Waals surface area contributed by atoms with Crippen molar-refractivity contribution in [2.45, 2.75) is 148 Å². The van der Waals surface area contributed by atoms with Crippen molar-refractivity contribution >= 4 is 25.7 Å². The van der Waals surface area contributed by atoms with Gasteiger partial charge < -0.3 is 25.2 Å². The van der Waals surface area contributed by atoms with E-state index >= 15 is 0 Å². The maximum absolute atomic E-state index is 12.4. The maximum Gasteiger partial charge on any atom is 0.472 e. The second-order valence-corrected chi connectivity index (χ2v) is 13.1. The molecule has 0 amide bonds. The quantitative estimate of drug-likeness (QED) is 0.0270. The van der Waals surface area contributed by atoms with Crippen LogP contribution in [-0.2, 0) is 37.5 Å². The van der Waals surface area contributed by atoms with Gasteiger partial charge in [-0.05, 0) is 44.9 Å². The van der Waals surface area contributed by atoms with Crippen LogP contribution in [-0.4, -0.2) is 59.9 Å². The highest BCUT2D eigenvalue weighted by molar-refractivity contribution is 7.47. The average Bonchev–Trinajstić information content (AvgIpc) is 3.04. The molecule has 12 heteroatoms. The second kappa shape index (κ2) is 31.0. The number of phosphoric acid groups is 1. The number of carboxylic acids is 1. The normalized spacial score (nSPS) is 14.5. The summed E-state index contributed by atoms with van der Waals surface area (Å²) < 4.78 is 32.4. The second-order valence-electron chi connectivity index (χ2n) is 11.6. The first kappa shape index (κ1) is 44.7. The Hall–Kier alpha value is -2.30. The van der Waals surface area contributed by atoms with Crippen LogP contribution >= 0.6 is 7.82 Å². The molecule has 0 heterocycles. The highest BCUT2D eigenvalue weighted by Gasteiger charge is 2.28. The van der Waals surface area contributed by atoms with Gasteiger partial charge in [0.2, 0.25) is 0 Å². The molecule has 272 valence electrons. The van der Waals surface area contributed by atoms with Gasteiger partial charge >= 0.3 is 25.7 Å². The van der Waals surface area contributed by atoms with Crippen LogP contribution in [0.15, 0.2) is 36.5 Å². The minimum atomic E-state index is -4.70. The summed E-state index contributed by atoms with van der Waals surface area (Å²) in [6.07, 6.45) is 29.5. The van der Waals surface area contributed by atoms with Crippen molar-refractivity contribution < 1.29 is 47.5 Å². The number of ether oxygens (including phenoxy) is 2. The molecule has 47 heavy (non-hydrogen) atoms. The fourth-order valence-electron chi connectivity index (χ4n) is 4.37. The topological polar surface area (TPSA) is 172 Å². The molecule has 0 spiro atoms. The lowest BCUT2D eigenvalue weighted by atomic mass is 10.1. The number of unbranched alkanes of at least 4 members (excludes halogenated alkanes) is 12. The Kier molecular flexibility index (Phi) is 29.5. The Morgan fingerprint density at radius 3 is 1.79 bits per heavy atom. The zero-order chi connectivity index (χ0) is 35.0. The van der Waals surface area contributed by atoms with Crippen molar-refractivity contribution in [2.24, 2.45) is 5.73 Å². The van der Waals surface area contributed by atoms with E-state index in [0.717, 1.165) is 70.6 Å². The number of phosphoric ester groups is 1. The van der Waals surface area contributed by atoms with Gasteiger partial charge in [0.05, 0.1) is 13.2 Å². The number of rotatable bonds is 32. The van der Waals surface area contributed by atoms with Gasteiger partial charge in [0, 0.05) is 12.8 Å². The SMILES string of the molecule is CC/C=C/C/C=C/C/C=C/CCCCCCCC(=O)OC[C@@H](COP(=O)(O)OC[C@@H](N)C(=O)O)OC(=O)CCCCCCCCCC. The Balaban J connectivity index is 4.46. The van der Waals surface area contributed by atoms with Crippen LogP contribution in [0, 0.1) is 0 Å². The highest BCUT2D eigenvalue weighted by atomic mass is 31.2. The third kappa shape index (κ3) is 30.8. The first-order chi connectivity index (χ1) is 22.6. The molecule has 4 N–H and O–H groups in total. The Morgan fingerprint density at radius 1 is 0.681 bits per heavy atom. The first-order valence-electron chi connectivity index (χ1n) is 17.5. The number of allylic oxidation sites excluding steroid dienone is 6. The number of nitrogens with two attached hydrogens (primary N) is 1. The van der Waals surface area contributed by atoms with Crippen LogP contribution in [0.2, 0.25) is 0 Å². The molecule has 0 rings (SSSR count). The van der Waals surface area contributed by atoms with E-state index < -0.39 is 51.1 Å². The third-order valence-corrected chi connectivity index (χ3v) is 8.10. The minimum absolute atomic E-state index is 0.157. The zero-order valence-electron chi connectivity index (χ0n) is 28.9. The summed E-state index contributed by atoms with van der Waals surface area (Å²) in [7, 11) is -4.70. The standard InChI is InChI=1S/C35H62NO10P/c1-3-5-7-9-11-13-14-15-16-17-18-19-21-22-24-26-33(37)43-28-31(29-44-47(41,42)45-30-32(36)35(39)40)46-34(38)27-25-23-20-12-10-8-6-4-2/h5,7,11,13,15-16,31-32H,3-4,6,8-10,12,14,17-30,36H2,1-2H3,(H,39,40)(H,41,42)/b7-5+,13-11+,16-15+/t31-,32+/m0/s1. The van der Waals surface area contributed by atoms with E-state index in [-0.39, 0.29) is 19.4 Å². The van der Waals surface area contributed by atoms with Gasteiger partial charge in [-0.25, -0.2) is 4.57 Å². The van der Waals surface area contributed by atoms with Gasteiger partial charge in [-0.3, -0.25) is 23.4 Å². The molecule has 0 aromatic rings. The van der Waals surface area contributed by atoms with Crippen molar-refractivity contribution in [3.63, 3.8) is 0 Å². The van der Waals surface area contributed by atoms with Crippen molar-refractivity contribution in [3.05, 3.63) is 36.5 Å². The Bertz CT molecular complexity index is 953. The van der Waals surface area contributed by atoms with Crippen LogP contribution < -0.4 is 5.73 Å². The number of hydrogen-bond acceptors (Lipinski definition) is 9. The number of carbonyl (C=O) groups is 3. The predicted octanol–water partition coefficient (Wildman–Crippen LogP) is 8.11. The van der Waals surface area contributed by atoms with Gasteiger partial charge in [0.25, 0.3) is 0 Å². The van der Waals surface area contributed by atoms with Crippen molar-refractivity contribution in [2.75, 3.05) is 19.8 Å². The molecule has 3 atom stereocenters. The van der Waals surface area contributed by atoms with Gasteiger partial charge in [0.15, 0.2) is 6.10 Å². The molecule has 0 aliphatic carbocycles. The van der Waals surface area contributed by atoms with E-state index in [1.807, 2.05) is 0 Å². The molecule has 0 saturated heterocycles. The van der Waals surface area contributed by atoms with Crippen LogP contribution in [0.1, 0.15) is 136 Å². The molecule has 0 saturated carbocycles. The molecule has 11 nitrogen and oxygen atoms in total. The third-order valence-electron chi connectivity index (χ3n) is 7.15. The number of carboxylic acid groups (broad SMARTS) is 1. The minimum Gasteiger partial charge on any atom is -0.480 e. The van der Waals surface area contributed by atoms with E-state index in [2.05, 4.69) is 54.8 Å². The fraction of sp³-hybridized carbons (Fsp3) is 0.743. The molecule has 0 aromatic carbocycles. The largest absolute Gasteiger partial charge is 0.480 e. The summed E-state index contributed by atoms with van der Waals surface area (Å²) in [5.74, 6) is -2.41. The van der Waals surface area contributed by atoms with Crippen molar-refractivity contribution in [1.29, 1.82) is 0 Å². The summed E-state index contributed by atoms with van der Waals surface area (Å²) >= 11 is 0. The van der Waals surface area contributed by atoms with Crippen LogP contribution in [0.3, 0.4) is 0 Å². The number of aliphatic carboxylic acids is 1. The Labute approximate surface area is 282 Å². The van der Waals surface area contributed by atoms with Gasteiger partial charge in [-0.15, -0.1) is 0 Å². The van der Waals surface area contributed by atoms with Crippen molar-refractivity contribution in [1.82, 2.24) is 0 Å². The van der Waals surface area contributed by atoms with Gasteiger partial charge in [-0.2, -0.15) is 0 Å². The summed E-state index contributed by atoms with van der Waals surface area (Å²) in [6.45, 7) is 2.59. The van der Waals surface area contributed by atoms with Crippen LogP contribution in [0.25, 0.3) is 0 Å². The number of carbonyl (C=O) groups excluding carboxylic acids is 2. The molecular formula is C35H62NO10P. The van der Waals surface area contributed by atoms with E-state index in [4.69, 9.17) is 24.8 Å². The molecular weight excluding hydrogens is 625 g/mol. The summed E-state index contributed by atoms with van der Waals surface area (Å²) in [5, 5.41) is 8.83. The van der Waals surface area contributed by atoms with Gasteiger partial charge in [0.1, 0.15) is 12.6 Å². The molecule has 0 aromatic heterocycles. The van der Waals surface area contributed by atoms with E-state index in [1.54, 1.807) is 0 Å². The fourth-order valence-corrected chi connectivity index (χ4v) is 5.15. The first-order valence-corrected chi connectivity index (χ1v) is 19.0. The molecule has 0 bridgehead atoms. The average molecular weight is 688 g/mol. The number of hydrogen-bond donors (Lipinski definition) is 3. The summed E-state index contributed by atoms with van der Waals surface area (Å²) in [6, 6.07) is -1.52. The van der Waals surface area contributed by atoms with Crippen LogP contribution in [0.5, 0.6) is 0 Å². The molecule has 0 aliphatic rings. The zero-order valence-corrected chi connectivity index (χ0v) is 29.8. The molecule has 0 fully saturated rings. The molecule has 0 aliphatic heterocycles. The summed E-state index contributed by atoms with van der Waals surface area (Å²) in [5.41, 5.74) is 5.29. The monoisotopic (exact) mass is 687 g/mol. The summed E-state index contributed by atoms with van der Waals surface area (Å²) in [4.78, 5) is 45.5. The van der Waals surface area contributed by atoms with Crippen molar-refractivity contribution in [3.8, 4) is 0 Å². The predicted molar refractivity (Wildman–Crippen MR) is 185 cm³/mol. The lowest BCUT2D eigenvalue weighted by Gasteiger charge is -2.20. The molecule has 1 unspecified atom stereocenters. The number of esters is 2. The smallest absolute Gasteiger partial charge is 0.472 e. The van der Waals surface area contributed by atoms with Gasteiger partial charge in [-0.1, -0.05) is 115 Å². The van der Waals surface area contributed by atoms with Crippen LogP contribution in [0.4, 0.5) is 0 Å². The lowest BCUT2D eigenvalue weighted by molar-refractivity contribution is -0.161. The van der Waals surface area contributed by atoms with E-state index in [1.165, 1.54) is 25.7 Å². The van der Waals surface area contributed by atoms with E-state index in [0.29, 0.717) is 12.8 Å².